The molecule has 0 aliphatic carbocycles. The molecule has 154 valence electrons. The van der Waals surface area contributed by atoms with Crippen LogP contribution in [0.15, 0.2) is 42.5 Å². The number of hydrogen-bond donors (Lipinski definition) is 3. The topological polar surface area (TPSA) is 121 Å². The van der Waals surface area contributed by atoms with E-state index in [0.29, 0.717) is 12.0 Å². The highest BCUT2D eigenvalue weighted by Gasteiger charge is 2.29. The molecule has 0 unspecified atom stereocenters. The molecule has 2 aromatic carbocycles. The van der Waals surface area contributed by atoms with Crippen LogP contribution < -0.4 is 16.0 Å². The van der Waals surface area contributed by atoms with E-state index in [4.69, 9.17) is 7.85 Å². The molecule has 3 amide bonds. The lowest BCUT2D eigenvalue weighted by molar-refractivity contribution is -0.138. The molecule has 2 aromatic rings. The summed E-state index contributed by atoms with van der Waals surface area (Å²) in [6.45, 7) is 3.32. The van der Waals surface area contributed by atoms with Crippen molar-refractivity contribution in [1.29, 1.82) is 0 Å². The number of carbonyl (C=O) groups excluding carboxylic acids is 5. The van der Waals surface area contributed by atoms with Crippen LogP contribution >= 0.6 is 0 Å². The monoisotopic (exact) mass is 407 g/mol. The van der Waals surface area contributed by atoms with Crippen LogP contribution in [-0.2, 0) is 24.0 Å². The lowest BCUT2D eigenvalue weighted by Gasteiger charge is -2.24. The molecule has 3 N–H and O–H groups in total. The van der Waals surface area contributed by atoms with Gasteiger partial charge in [-0.2, -0.15) is 0 Å². The number of benzene rings is 2. The summed E-state index contributed by atoms with van der Waals surface area (Å²) in [5, 5.41) is 8.89. The summed E-state index contributed by atoms with van der Waals surface area (Å²) in [7, 11) is 5.16. The summed E-state index contributed by atoms with van der Waals surface area (Å²) >= 11 is 0. The molecule has 0 aliphatic heterocycles. The number of carbonyl (C=O) groups is 5. The van der Waals surface area contributed by atoms with E-state index in [0.717, 1.165) is 10.8 Å². The first-order valence-corrected chi connectivity index (χ1v) is 9.37. The number of hydrogen-bond acceptors (Lipinski definition) is 5. The predicted octanol–water partition coefficient (Wildman–Crippen LogP) is 0.688. The van der Waals surface area contributed by atoms with E-state index in [1.54, 1.807) is 26.0 Å². The lowest BCUT2D eigenvalue weighted by atomic mass is 9.92. The van der Waals surface area contributed by atoms with Gasteiger partial charge in [0.2, 0.25) is 5.91 Å². The Kier molecular flexibility index (Phi) is 7.86. The third-order valence-corrected chi connectivity index (χ3v) is 4.47. The second-order valence-corrected chi connectivity index (χ2v) is 7.04. The van der Waals surface area contributed by atoms with Crippen molar-refractivity contribution in [2.24, 2.45) is 5.92 Å². The average Bonchev–Trinajstić information content (AvgIpc) is 2.71. The molecule has 0 aliphatic rings. The molecule has 0 aromatic heterocycles. The smallest absolute Gasteiger partial charge is 0.313 e. The van der Waals surface area contributed by atoms with Crippen LogP contribution in [0.25, 0.3) is 10.8 Å². The minimum absolute atomic E-state index is 0.290. The van der Waals surface area contributed by atoms with E-state index < -0.39 is 41.4 Å². The van der Waals surface area contributed by atoms with Crippen molar-refractivity contribution >= 4 is 54.0 Å². The average molecular weight is 407 g/mol. The number of anilines is 1. The van der Waals surface area contributed by atoms with E-state index in [1.165, 1.54) is 0 Å². The Hall–Kier alpha value is -3.49. The Balaban J connectivity index is 2.10. The molecule has 0 saturated heterocycles. The molecule has 0 spiro atoms. The van der Waals surface area contributed by atoms with Gasteiger partial charge in [0.05, 0.1) is 11.7 Å². The lowest BCUT2D eigenvalue weighted by Crippen LogP contribution is -2.55. The van der Waals surface area contributed by atoms with Crippen molar-refractivity contribution in [3.05, 3.63) is 42.5 Å². The Morgan fingerprint density at radius 1 is 0.967 bits per heavy atom. The Labute approximate surface area is 175 Å². The quantitative estimate of drug-likeness (QED) is 0.338. The van der Waals surface area contributed by atoms with Crippen molar-refractivity contribution in [1.82, 2.24) is 10.6 Å². The number of rotatable bonds is 8. The first kappa shape index (κ1) is 22.8. The van der Waals surface area contributed by atoms with Crippen LogP contribution in [0.4, 0.5) is 5.69 Å². The van der Waals surface area contributed by atoms with Gasteiger partial charge in [0, 0.05) is 17.5 Å². The number of nitrogens with one attached hydrogen (secondary N) is 3. The zero-order valence-corrected chi connectivity index (χ0v) is 16.7. The molecular formula is C21H22BN3O5. The fourth-order valence-corrected chi connectivity index (χ4v) is 2.86. The van der Waals surface area contributed by atoms with Crippen LogP contribution in [0.3, 0.4) is 0 Å². The molecule has 0 heterocycles. The van der Waals surface area contributed by atoms with Gasteiger partial charge in [-0.15, -0.1) is 0 Å². The molecule has 8 nitrogen and oxygen atoms in total. The minimum atomic E-state index is -1.20. The van der Waals surface area contributed by atoms with Crippen molar-refractivity contribution < 1.29 is 24.0 Å². The molecular weight excluding hydrogens is 385 g/mol. The van der Waals surface area contributed by atoms with Gasteiger partial charge in [0.15, 0.2) is 7.85 Å². The van der Waals surface area contributed by atoms with E-state index in [-0.39, 0.29) is 6.42 Å². The third-order valence-electron chi connectivity index (χ3n) is 4.47. The molecule has 9 heteroatoms. The summed E-state index contributed by atoms with van der Waals surface area (Å²) in [6.07, 6.45) is 0.164. The Bertz CT molecular complexity index is 971. The summed E-state index contributed by atoms with van der Waals surface area (Å²) < 4.78 is 0. The normalized spacial score (nSPS) is 12.6. The van der Waals surface area contributed by atoms with Crippen molar-refractivity contribution in [2.75, 3.05) is 5.32 Å². The maximum absolute atomic E-state index is 12.5. The van der Waals surface area contributed by atoms with Crippen LogP contribution in [0.5, 0.6) is 0 Å². The zero-order chi connectivity index (χ0) is 22.3. The van der Waals surface area contributed by atoms with Crippen LogP contribution in [-0.4, -0.2) is 49.6 Å². The molecule has 0 saturated carbocycles. The minimum Gasteiger partial charge on any atom is -0.345 e. The summed E-state index contributed by atoms with van der Waals surface area (Å²) in [6, 6.07) is 10.3. The Morgan fingerprint density at radius 2 is 1.63 bits per heavy atom. The molecule has 0 bridgehead atoms. The van der Waals surface area contributed by atoms with E-state index in [1.807, 2.05) is 30.3 Å². The SMILES string of the molecule is [B]C(=O)[C@H](CC=O)NC(=O)[C@@H](NC(=O)C(=O)Nc1cccc2ccccc12)C(C)C. The van der Waals surface area contributed by atoms with Crippen molar-refractivity contribution in [3.63, 3.8) is 0 Å². The van der Waals surface area contributed by atoms with Gasteiger partial charge in [-0.25, -0.2) is 0 Å². The van der Waals surface area contributed by atoms with Crippen molar-refractivity contribution in [3.8, 4) is 0 Å². The fraction of sp³-hybridized carbons (Fsp3) is 0.286. The van der Waals surface area contributed by atoms with Crippen molar-refractivity contribution in [2.45, 2.75) is 32.4 Å². The molecule has 2 rings (SSSR count). The van der Waals surface area contributed by atoms with Gasteiger partial charge in [-0.05, 0) is 17.4 Å². The molecule has 0 fully saturated rings. The van der Waals surface area contributed by atoms with E-state index >= 15 is 0 Å². The molecule has 2 radical (unpaired) electrons. The van der Waals surface area contributed by atoms with Crippen LogP contribution in [0.1, 0.15) is 20.3 Å². The van der Waals surface area contributed by atoms with Gasteiger partial charge in [0.1, 0.15) is 12.3 Å². The summed E-state index contributed by atoms with van der Waals surface area (Å²) in [5.41, 5.74) is -0.420. The van der Waals surface area contributed by atoms with Crippen LogP contribution in [0.2, 0.25) is 0 Å². The third kappa shape index (κ3) is 5.76. The van der Waals surface area contributed by atoms with Gasteiger partial charge in [-0.3, -0.25) is 14.4 Å². The number of amides is 3. The van der Waals surface area contributed by atoms with Gasteiger partial charge >= 0.3 is 11.8 Å². The maximum Gasteiger partial charge on any atom is 0.313 e. The standard InChI is InChI=1S/C21H22BN3O5/c1-12(2)17(19(28)24-16(10-11-26)18(22)27)25-21(30)20(29)23-15-9-5-7-13-6-3-4-8-14(13)15/h3-9,11-12,16-17H,10H2,1-2H3,(H,23,29)(H,24,28)(H,25,30)/t16-,17-/m0/s1. The zero-order valence-electron chi connectivity index (χ0n) is 16.7. The summed E-state index contributed by atoms with van der Waals surface area (Å²) in [4.78, 5) is 59.3. The maximum atomic E-state index is 12.5. The first-order chi connectivity index (χ1) is 14.2. The second-order valence-electron chi connectivity index (χ2n) is 7.04. The highest BCUT2D eigenvalue weighted by molar-refractivity contribution is 6.59. The fourth-order valence-electron chi connectivity index (χ4n) is 2.86. The Morgan fingerprint density at radius 3 is 2.27 bits per heavy atom. The van der Waals surface area contributed by atoms with E-state index in [2.05, 4.69) is 16.0 Å². The molecule has 2 atom stereocenters. The highest BCUT2D eigenvalue weighted by atomic mass is 16.2. The number of aldehydes is 1. The van der Waals surface area contributed by atoms with E-state index in [9.17, 15) is 24.0 Å². The molecule has 30 heavy (non-hydrogen) atoms. The van der Waals surface area contributed by atoms with Gasteiger partial charge in [-0.1, -0.05) is 50.2 Å². The second kappa shape index (κ2) is 10.3. The predicted molar refractivity (Wildman–Crippen MR) is 113 cm³/mol. The number of fused-ring (bicyclic) bond motifs is 1. The van der Waals surface area contributed by atoms with Gasteiger partial charge in [0.25, 0.3) is 0 Å². The largest absolute Gasteiger partial charge is 0.345 e. The highest BCUT2D eigenvalue weighted by Crippen LogP contribution is 2.22. The van der Waals surface area contributed by atoms with Gasteiger partial charge < -0.3 is 25.5 Å². The van der Waals surface area contributed by atoms with Crippen LogP contribution in [0, 0.1) is 5.92 Å². The first-order valence-electron chi connectivity index (χ1n) is 9.37. The summed E-state index contributed by atoms with van der Waals surface area (Å²) in [5.74, 6) is -3.07.